The third-order valence-corrected chi connectivity index (χ3v) is 3.98. The van der Waals surface area contributed by atoms with Gasteiger partial charge in [-0.15, -0.1) is 0 Å². The zero-order valence-corrected chi connectivity index (χ0v) is 15.6. The number of carbonyl (C=O) groups excluding carboxylic acids is 1. The summed E-state index contributed by atoms with van der Waals surface area (Å²) in [6, 6.07) is 2.08. The lowest BCUT2D eigenvalue weighted by atomic mass is 10.2. The smallest absolute Gasteiger partial charge is 0.410 e. The summed E-state index contributed by atoms with van der Waals surface area (Å²) in [4.78, 5) is 18.0. The van der Waals surface area contributed by atoms with Crippen molar-refractivity contribution in [1.29, 1.82) is 0 Å². The van der Waals surface area contributed by atoms with Crippen LogP contribution in [0, 0.1) is 0 Å². The van der Waals surface area contributed by atoms with E-state index in [0.29, 0.717) is 19.6 Å². The average molecular weight is 386 g/mol. The van der Waals surface area contributed by atoms with Gasteiger partial charge in [0.05, 0.1) is 18.7 Å². The lowest BCUT2D eigenvalue weighted by Crippen LogP contribution is -2.40. The Morgan fingerprint density at radius 1 is 1.43 bits per heavy atom. The minimum atomic E-state index is -0.493. The number of likely N-dealkylation sites (tertiary alicyclic amines) is 1. The minimum absolute atomic E-state index is 0.0531. The van der Waals surface area contributed by atoms with Crippen molar-refractivity contribution in [3.05, 3.63) is 28.5 Å². The number of methoxy groups -OCH3 is 1. The van der Waals surface area contributed by atoms with Gasteiger partial charge in [-0.3, -0.25) is 4.98 Å². The van der Waals surface area contributed by atoms with E-state index in [4.69, 9.17) is 9.47 Å². The molecule has 0 aromatic carbocycles. The Kier molecular flexibility index (Phi) is 6.00. The van der Waals surface area contributed by atoms with Gasteiger partial charge in [-0.05, 0) is 48.3 Å². The lowest BCUT2D eigenvalue weighted by molar-refractivity contribution is 0.0252. The van der Waals surface area contributed by atoms with Gasteiger partial charge in [0.2, 0.25) is 0 Å². The minimum Gasteiger partial charge on any atom is -0.444 e. The number of amides is 1. The van der Waals surface area contributed by atoms with Crippen LogP contribution in [0.25, 0.3) is 0 Å². The SMILES string of the molecule is CO[C@H]1CN(C(=O)OC(C)(C)C)CC1NCc1cncc(Br)c1. The number of aromatic nitrogens is 1. The summed E-state index contributed by atoms with van der Waals surface area (Å²) in [5.74, 6) is 0. The Morgan fingerprint density at radius 2 is 2.17 bits per heavy atom. The van der Waals surface area contributed by atoms with Crippen LogP contribution in [0.15, 0.2) is 22.9 Å². The first-order valence-electron chi connectivity index (χ1n) is 7.62. The van der Waals surface area contributed by atoms with Gasteiger partial charge in [0.15, 0.2) is 0 Å². The number of pyridine rings is 1. The molecule has 6 nitrogen and oxygen atoms in total. The fraction of sp³-hybridized carbons (Fsp3) is 0.625. The summed E-state index contributed by atoms with van der Waals surface area (Å²) in [6.45, 7) is 7.36. The summed E-state index contributed by atoms with van der Waals surface area (Å²) in [6.07, 6.45) is 3.22. The first-order valence-corrected chi connectivity index (χ1v) is 8.41. The number of halogens is 1. The van der Waals surface area contributed by atoms with Crippen molar-refractivity contribution < 1.29 is 14.3 Å². The summed E-state index contributed by atoms with van der Waals surface area (Å²) < 4.78 is 11.9. The summed E-state index contributed by atoms with van der Waals surface area (Å²) >= 11 is 3.41. The second-order valence-electron chi connectivity index (χ2n) is 6.66. The highest BCUT2D eigenvalue weighted by Crippen LogP contribution is 2.18. The summed E-state index contributed by atoms with van der Waals surface area (Å²) in [5, 5.41) is 3.44. The van der Waals surface area contributed by atoms with Crippen molar-refractivity contribution >= 4 is 22.0 Å². The molecule has 0 aliphatic carbocycles. The van der Waals surface area contributed by atoms with Crippen LogP contribution in [0.1, 0.15) is 26.3 Å². The van der Waals surface area contributed by atoms with Crippen LogP contribution in [0.3, 0.4) is 0 Å². The van der Waals surface area contributed by atoms with Gasteiger partial charge in [0.25, 0.3) is 0 Å². The van der Waals surface area contributed by atoms with Gasteiger partial charge < -0.3 is 19.7 Å². The van der Waals surface area contributed by atoms with Crippen molar-refractivity contribution in [3.8, 4) is 0 Å². The standard InChI is InChI=1S/C16H24BrN3O3/c1-16(2,3)23-15(21)20-9-13(14(10-20)22-4)19-7-11-5-12(17)8-18-6-11/h5-6,8,13-14,19H,7,9-10H2,1-4H3/t13?,14-/m0/s1. The summed E-state index contributed by atoms with van der Waals surface area (Å²) in [7, 11) is 1.67. The van der Waals surface area contributed by atoms with Crippen LogP contribution < -0.4 is 5.32 Å². The van der Waals surface area contributed by atoms with Gasteiger partial charge >= 0.3 is 6.09 Å². The van der Waals surface area contributed by atoms with Crippen LogP contribution in [-0.4, -0.2) is 53.9 Å². The highest BCUT2D eigenvalue weighted by Gasteiger charge is 2.37. The molecule has 2 atom stereocenters. The second kappa shape index (κ2) is 7.59. The molecule has 23 heavy (non-hydrogen) atoms. The van der Waals surface area contributed by atoms with E-state index in [1.165, 1.54) is 0 Å². The molecule has 1 aliphatic rings. The molecule has 0 spiro atoms. The molecule has 1 aliphatic heterocycles. The molecule has 1 amide bonds. The van der Waals surface area contributed by atoms with E-state index in [9.17, 15) is 4.79 Å². The molecule has 1 aromatic rings. The molecular weight excluding hydrogens is 362 g/mol. The highest BCUT2D eigenvalue weighted by molar-refractivity contribution is 9.10. The number of nitrogens with zero attached hydrogens (tertiary/aromatic N) is 2. The fourth-order valence-electron chi connectivity index (χ4n) is 2.49. The summed E-state index contributed by atoms with van der Waals surface area (Å²) in [5.41, 5.74) is 0.581. The molecule has 0 radical (unpaired) electrons. The molecule has 2 rings (SSSR count). The van der Waals surface area contributed by atoms with Gasteiger partial charge in [0.1, 0.15) is 5.60 Å². The molecule has 128 valence electrons. The van der Waals surface area contributed by atoms with Gasteiger partial charge in [-0.25, -0.2) is 4.79 Å². The van der Waals surface area contributed by atoms with Crippen molar-refractivity contribution in [2.75, 3.05) is 20.2 Å². The molecule has 2 heterocycles. The van der Waals surface area contributed by atoms with Crippen molar-refractivity contribution in [1.82, 2.24) is 15.2 Å². The predicted octanol–water partition coefficient (Wildman–Crippen LogP) is 2.57. The first-order chi connectivity index (χ1) is 10.8. The molecule has 1 N–H and O–H groups in total. The number of hydrogen-bond donors (Lipinski definition) is 1. The van der Waals surface area contributed by atoms with E-state index in [0.717, 1.165) is 10.0 Å². The van der Waals surface area contributed by atoms with Crippen molar-refractivity contribution in [2.45, 2.75) is 45.1 Å². The molecule has 0 bridgehead atoms. The number of hydrogen-bond acceptors (Lipinski definition) is 5. The Bertz CT molecular complexity index is 548. The maximum Gasteiger partial charge on any atom is 0.410 e. The topological polar surface area (TPSA) is 63.7 Å². The quantitative estimate of drug-likeness (QED) is 0.862. The van der Waals surface area contributed by atoms with Crippen LogP contribution in [0.5, 0.6) is 0 Å². The largest absolute Gasteiger partial charge is 0.444 e. The van der Waals surface area contributed by atoms with E-state index < -0.39 is 5.60 Å². The maximum atomic E-state index is 12.2. The Hall–Kier alpha value is -1.18. The Morgan fingerprint density at radius 3 is 2.78 bits per heavy atom. The zero-order chi connectivity index (χ0) is 17.0. The molecule has 1 aromatic heterocycles. The van der Waals surface area contributed by atoms with Gasteiger partial charge in [-0.2, -0.15) is 0 Å². The van der Waals surface area contributed by atoms with E-state index in [2.05, 4.69) is 26.2 Å². The third kappa shape index (κ3) is 5.44. The van der Waals surface area contributed by atoms with Crippen LogP contribution in [-0.2, 0) is 16.0 Å². The first kappa shape index (κ1) is 18.2. The third-order valence-electron chi connectivity index (χ3n) is 3.55. The molecule has 1 unspecified atom stereocenters. The second-order valence-corrected chi connectivity index (χ2v) is 7.57. The molecule has 7 heteroatoms. The Labute approximate surface area is 145 Å². The molecular formula is C16H24BrN3O3. The normalized spacial score (nSPS) is 21.5. The number of rotatable bonds is 4. The lowest BCUT2D eigenvalue weighted by Gasteiger charge is -2.24. The zero-order valence-electron chi connectivity index (χ0n) is 14.0. The van der Waals surface area contributed by atoms with Crippen LogP contribution in [0.4, 0.5) is 4.79 Å². The number of ether oxygens (including phenoxy) is 2. The Balaban J connectivity index is 1.92. The van der Waals surface area contributed by atoms with E-state index in [1.54, 1.807) is 18.2 Å². The molecule has 0 saturated carbocycles. The molecule has 1 fully saturated rings. The monoisotopic (exact) mass is 385 g/mol. The number of nitrogens with one attached hydrogen (secondary N) is 1. The van der Waals surface area contributed by atoms with Crippen LogP contribution >= 0.6 is 15.9 Å². The predicted molar refractivity (Wildman–Crippen MR) is 91.2 cm³/mol. The highest BCUT2D eigenvalue weighted by atomic mass is 79.9. The molecule has 1 saturated heterocycles. The van der Waals surface area contributed by atoms with E-state index >= 15 is 0 Å². The van der Waals surface area contributed by atoms with E-state index in [-0.39, 0.29) is 18.2 Å². The van der Waals surface area contributed by atoms with Crippen molar-refractivity contribution in [2.24, 2.45) is 0 Å². The fourth-order valence-corrected chi connectivity index (χ4v) is 2.90. The van der Waals surface area contributed by atoms with E-state index in [1.807, 2.05) is 33.0 Å². The average Bonchev–Trinajstić information content (AvgIpc) is 2.87. The van der Waals surface area contributed by atoms with Gasteiger partial charge in [-0.1, -0.05) is 0 Å². The van der Waals surface area contributed by atoms with Crippen LogP contribution in [0.2, 0.25) is 0 Å². The number of carbonyl (C=O) groups is 1. The van der Waals surface area contributed by atoms with Gasteiger partial charge in [0, 0.05) is 37.1 Å². The maximum absolute atomic E-state index is 12.2. The van der Waals surface area contributed by atoms with Crippen molar-refractivity contribution in [3.63, 3.8) is 0 Å².